The van der Waals surface area contributed by atoms with E-state index in [9.17, 15) is 0 Å². The number of allylic oxidation sites excluding steroid dienone is 3. The van der Waals surface area contributed by atoms with Gasteiger partial charge in [-0.3, -0.25) is 0 Å². The van der Waals surface area contributed by atoms with Gasteiger partial charge in [0.15, 0.2) is 0 Å². The average Bonchev–Trinajstić information content (AvgIpc) is 1.89. The summed E-state index contributed by atoms with van der Waals surface area (Å²) in [5.74, 6) is 0. The summed E-state index contributed by atoms with van der Waals surface area (Å²) < 4.78 is 0. The SMILES string of the molecule is CC(N)C1(C)C=CC=CC1. The summed E-state index contributed by atoms with van der Waals surface area (Å²) in [5.41, 5.74) is 6.01. The molecule has 2 unspecified atom stereocenters. The van der Waals surface area contributed by atoms with Crippen molar-refractivity contribution in [3.05, 3.63) is 24.3 Å². The van der Waals surface area contributed by atoms with Gasteiger partial charge in [0.05, 0.1) is 0 Å². The van der Waals surface area contributed by atoms with Crippen LogP contribution < -0.4 is 5.73 Å². The average molecular weight is 137 g/mol. The lowest BCUT2D eigenvalue weighted by molar-refractivity contribution is 0.355. The van der Waals surface area contributed by atoms with E-state index in [0.717, 1.165) is 6.42 Å². The Labute approximate surface area is 62.6 Å². The molecule has 1 rings (SSSR count). The molecule has 10 heavy (non-hydrogen) atoms. The zero-order chi connectivity index (χ0) is 7.61. The minimum Gasteiger partial charge on any atom is -0.327 e. The number of rotatable bonds is 1. The Bertz CT molecular complexity index is 168. The molecule has 0 aromatic carbocycles. The maximum absolute atomic E-state index is 5.82. The van der Waals surface area contributed by atoms with E-state index in [1.165, 1.54) is 0 Å². The molecule has 2 N–H and O–H groups in total. The van der Waals surface area contributed by atoms with Crippen molar-refractivity contribution < 1.29 is 0 Å². The fourth-order valence-electron chi connectivity index (χ4n) is 1.08. The third-order valence-corrected chi connectivity index (χ3v) is 2.32. The van der Waals surface area contributed by atoms with Crippen molar-refractivity contribution in [2.24, 2.45) is 11.1 Å². The minimum absolute atomic E-state index is 0.189. The zero-order valence-corrected chi connectivity index (χ0v) is 6.67. The van der Waals surface area contributed by atoms with Crippen molar-refractivity contribution >= 4 is 0 Å². The Morgan fingerprint density at radius 2 is 2.20 bits per heavy atom. The van der Waals surface area contributed by atoms with E-state index in [2.05, 4.69) is 38.2 Å². The molecule has 1 heteroatoms. The molecular weight excluding hydrogens is 122 g/mol. The first-order valence-electron chi connectivity index (χ1n) is 3.75. The highest BCUT2D eigenvalue weighted by atomic mass is 14.7. The van der Waals surface area contributed by atoms with E-state index in [1.807, 2.05) is 0 Å². The van der Waals surface area contributed by atoms with Crippen LogP contribution >= 0.6 is 0 Å². The second kappa shape index (κ2) is 2.59. The van der Waals surface area contributed by atoms with Gasteiger partial charge in [-0.05, 0) is 13.3 Å². The molecule has 1 aliphatic carbocycles. The Morgan fingerprint density at radius 1 is 1.50 bits per heavy atom. The summed E-state index contributed by atoms with van der Waals surface area (Å²) in [6, 6.07) is 0.244. The largest absolute Gasteiger partial charge is 0.327 e. The summed E-state index contributed by atoms with van der Waals surface area (Å²) in [6.07, 6.45) is 9.58. The standard InChI is InChI=1S/C9H15N/c1-8(10)9(2)6-4-3-5-7-9/h3-6,8H,7,10H2,1-2H3. The Hall–Kier alpha value is -0.560. The van der Waals surface area contributed by atoms with Crippen molar-refractivity contribution in [3.8, 4) is 0 Å². The molecule has 56 valence electrons. The molecule has 0 saturated heterocycles. The predicted octanol–water partition coefficient (Wildman–Crippen LogP) is 1.86. The molecule has 0 aliphatic heterocycles. The fourth-order valence-corrected chi connectivity index (χ4v) is 1.08. The highest BCUT2D eigenvalue weighted by Gasteiger charge is 2.24. The summed E-state index contributed by atoms with van der Waals surface area (Å²) in [5, 5.41) is 0. The molecular formula is C9H15N. The van der Waals surface area contributed by atoms with Crippen LogP contribution in [0.2, 0.25) is 0 Å². The van der Waals surface area contributed by atoms with Crippen LogP contribution in [0.15, 0.2) is 24.3 Å². The summed E-state index contributed by atoms with van der Waals surface area (Å²) in [6.45, 7) is 4.25. The normalized spacial score (nSPS) is 34.3. The number of hydrogen-bond acceptors (Lipinski definition) is 1. The third-order valence-electron chi connectivity index (χ3n) is 2.32. The van der Waals surface area contributed by atoms with Crippen LogP contribution in [0.5, 0.6) is 0 Å². The van der Waals surface area contributed by atoms with Crippen molar-refractivity contribution in [1.82, 2.24) is 0 Å². The first-order valence-corrected chi connectivity index (χ1v) is 3.75. The molecule has 0 radical (unpaired) electrons. The molecule has 0 fully saturated rings. The second-order valence-electron chi connectivity index (χ2n) is 3.29. The first-order chi connectivity index (χ1) is 4.65. The van der Waals surface area contributed by atoms with Crippen LogP contribution in [0.4, 0.5) is 0 Å². The van der Waals surface area contributed by atoms with Gasteiger partial charge in [0.25, 0.3) is 0 Å². The van der Waals surface area contributed by atoms with Crippen LogP contribution in [0.25, 0.3) is 0 Å². The summed E-state index contributed by atoms with van der Waals surface area (Å²) in [7, 11) is 0. The molecule has 0 spiro atoms. The van der Waals surface area contributed by atoms with Gasteiger partial charge >= 0.3 is 0 Å². The predicted molar refractivity (Wildman–Crippen MR) is 44.7 cm³/mol. The van der Waals surface area contributed by atoms with Crippen molar-refractivity contribution in [2.75, 3.05) is 0 Å². The Balaban J connectivity index is 2.70. The molecule has 2 atom stereocenters. The van der Waals surface area contributed by atoms with E-state index in [0.29, 0.717) is 0 Å². The first kappa shape index (κ1) is 7.55. The molecule has 1 aliphatic rings. The topological polar surface area (TPSA) is 26.0 Å². The monoisotopic (exact) mass is 137 g/mol. The van der Waals surface area contributed by atoms with E-state index in [4.69, 9.17) is 5.73 Å². The maximum Gasteiger partial charge on any atom is 0.0102 e. The van der Waals surface area contributed by atoms with E-state index in [1.54, 1.807) is 0 Å². The lowest BCUT2D eigenvalue weighted by Gasteiger charge is -2.30. The van der Waals surface area contributed by atoms with Crippen molar-refractivity contribution in [2.45, 2.75) is 26.3 Å². The van der Waals surface area contributed by atoms with E-state index in [-0.39, 0.29) is 11.5 Å². The van der Waals surface area contributed by atoms with Gasteiger partial charge in [-0.2, -0.15) is 0 Å². The molecule has 0 bridgehead atoms. The molecule has 0 aromatic rings. The summed E-state index contributed by atoms with van der Waals surface area (Å²) in [4.78, 5) is 0. The highest BCUT2D eigenvalue weighted by molar-refractivity contribution is 5.17. The van der Waals surface area contributed by atoms with Crippen molar-refractivity contribution in [3.63, 3.8) is 0 Å². The minimum atomic E-state index is 0.189. The van der Waals surface area contributed by atoms with E-state index >= 15 is 0 Å². The van der Waals surface area contributed by atoms with Crippen molar-refractivity contribution in [1.29, 1.82) is 0 Å². The highest BCUT2D eigenvalue weighted by Crippen LogP contribution is 2.29. The maximum atomic E-state index is 5.82. The van der Waals surface area contributed by atoms with Gasteiger partial charge in [-0.1, -0.05) is 31.2 Å². The zero-order valence-electron chi connectivity index (χ0n) is 6.67. The number of hydrogen-bond donors (Lipinski definition) is 1. The van der Waals surface area contributed by atoms with Crippen LogP contribution in [0.3, 0.4) is 0 Å². The second-order valence-corrected chi connectivity index (χ2v) is 3.29. The molecule has 1 nitrogen and oxygen atoms in total. The van der Waals surface area contributed by atoms with Gasteiger partial charge < -0.3 is 5.73 Å². The van der Waals surface area contributed by atoms with Crippen LogP contribution in [0.1, 0.15) is 20.3 Å². The van der Waals surface area contributed by atoms with Gasteiger partial charge in [0.2, 0.25) is 0 Å². The summed E-state index contributed by atoms with van der Waals surface area (Å²) >= 11 is 0. The lowest BCUT2D eigenvalue weighted by Crippen LogP contribution is -2.35. The van der Waals surface area contributed by atoms with Crippen LogP contribution in [0, 0.1) is 5.41 Å². The lowest BCUT2D eigenvalue weighted by atomic mass is 9.78. The molecule has 0 aromatic heterocycles. The van der Waals surface area contributed by atoms with Gasteiger partial charge in [-0.15, -0.1) is 0 Å². The van der Waals surface area contributed by atoms with E-state index < -0.39 is 0 Å². The molecule has 0 heterocycles. The third kappa shape index (κ3) is 1.29. The van der Waals surface area contributed by atoms with Gasteiger partial charge in [0.1, 0.15) is 0 Å². The van der Waals surface area contributed by atoms with Crippen LogP contribution in [-0.2, 0) is 0 Å². The Morgan fingerprint density at radius 3 is 2.50 bits per heavy atom. The quantitative estimate of drug-likeness (QED) is 0.586. The Kier molecular flexibility index (Phi) is 1.95. The van der Waals surface area contributed by atoms with Gasteiger partial charge in [-0.25, -0.2) is 0 Å². The smallest absolute Gasteiger partial charge is 0.0102 e. The van der Waals surface area contributed by atoms with Crippen LogP contribution in [-0.4, -0.2) is 6.04 Å². The molecule has 0 amide bonds. The number of nitrogens with two attached hydrogens (primary N) is 1. The fraction of sp³-hybridized carbons (Fsp3) is 0.556. The van der Waals surface area contributed by atoms with Gasteiger partial charge in [0, 0.05) is 11.5 Å². The molecule has 0 saturated carbocycles.